The molecule has 1 N–H and O–H groups in total. The van der Waals surface area contributed by atoms with E-state index >= 15 is 0 Å². The number of rotatable bonds is 9. The molecule has 0 amide bonds. The first-order valence-corrected chi connectivity index (χ1v) is 8.30. The molecule has 0 saturated carbocycles. The Kier molecular flexibility index (Phi) is 7.50. The third-order valence-electron chi connectivity index (χ3n) is 3.68. The smallest absolute Gasteiger partial charge is 0.306 e. The molecular weight excluding hydrogens is 318 g/mol. The number of hydrogen-bond acceptors (Lipinski definition) is 5. The van der Waals surface area contributed by atoms with Gasteiger partial charge in [-0.3, -0.25) is 9.59 Å². The van der Waals surface area contributed by atoms with Gasteiger partial charge in [0.2, 0.25) is 0 Å². The van der Waals surface area contributed by atoms with E-state index in [9.17, 15) is 9.59 Å². The summed E-state index contributed by atoms with van der Waals surface area (Å²) < 4.78 is 10.4. The van der Waals surface area contributed by atoms with Gasteiger partial charge in [0, 0.05) is 31.1 Å². The third-order valence-corrected chi connectivity index (χ3v) is 3.68. The van der Waals surface area contributed by atoms with Crippen LogP contribution in [0.15, 0.2) is 54.6 Å². The number of benzene rings is 2. The summed E-state index contributed by atoms with van der Waals surface area (Å²) in [7, 11) is 1.82. The Morgan fingerprint density at radius 1 is 0.840 bits per heavy atom. The van der Waals surface area contributed by atoms with Crippen LogP contribution in [0.5, 0.6) is 0 Å². The number of carbonyl (C=O) groups excluding carboxylic acids is 2. The minimum atomic E-state index is -0.318. The van der Waals surface area contributed by atoms with Crippen LogP contribution in [0, 0.1) is 0 Å². The van der Waals surface area contributed by atoms with Gasteiger partial charge >= 0.3 is 11.9 Å². The molecule has 132 valence electrons. The van der Waals surface area contributed by atoms with Crippen LogP contribution in [0.2, 0.25) is 0 Å². The van der Waals surface area contributed by atoms with E-state index in [-0.39, 0.29) is 38.0 Å². The SMILES string of the molecule is CNc1ccccc1COC(=O)CCCC(=O)OCc1ccccc1. The number of para-hydroxylation sites is 1. The first-order chi connectivity index (χ1) is 12.2. The maximum atomic E-state index is 11.8. The molecule has 0 radical (unpaired) electrons. The van der Waals surface area contributed by atoms with Crippen molar-refractivity contribution in [2.24, 2.45) is 0 Å². The van der Waals surface area contributed by atoms with Gasteiger partial charge in [0.15, 0.2) is 0 Å². The molecule has 5 heteroatoms. The maximum Gasteiger partial charge on any atom is 0.306 e. The molecule has 0 spiro atoms. The van der Waals surface area contributed by atoms with E-state index in [4.69, 9.17) is 9.47 Å². The van der Waals surface area contributed by atoms with Crippen LogP contribution in [0.4, 0.5) is 5.69 Å². The highest BCUT2D eigenvalue weighted by Crippen LogP contribution is 2.15. The Bertz CT molecular complexity index is 685. The highest BCUT2D eigenvalue weighted by atomic mass is 16.5. The predicted molar refractivity (Wildman–Crippen MR) is 95.9 cm³/mol. The molecule has 0 heterocycles. The Morgan fingerprint density at radius 2 is 1.44 bits per heavy atom. The summed E-state index contributed by atoms with van der Waals surface area (Å²) in [5, 5.41) is 3.05. The average molecular weight is 341 g/mol. The van der Waals surface area contributed by atoms with Crippen LogP contribution >= 0.6 is 0 Å². The lowest BCUT2D eigenvalue weighted by Crippen LogP contribution is -2.08. The average Bonchev–Trinajstić information content (AvgIpc) is 2.65. The third kappa shape index (κ3) is 6.67. The second-order valence-corrected chi connectivity index (χ2v) is 5.57. The van der Waals surface area contributed by atoms with E-state index in [1.807, 2.05) is 61.6 Å². The molecule has 0 aliphatic rings. The van der Waals surface area contributed by atoms with Gasteiger partial charge in [0.25, 0.3) is 0 Å². The first kappa shape index (κ1) is 18.5. The van der Waals surface area contributed by atoms with E-state index in [0.29, 0.717) is 6.42 Å². The molecule has 0 atom stereocenters. The number of ether oxygens (including phenoxy) is 2. The molecule has 25 heavy (non-hydrogen) atoms. The zero-order chi connectivity index (χ0) is 17.9. The van der Waals surface area contributed by atoms with Crippen LogP contribution in [0.1, 0.15) is 30.4 Å². The second kappa shape index (κ2) is 10.1. The van der Waals surface area contributed by atoms with E-state index in [1.54, 1.807) is 0 Å². The van der Waals surface area contributed by atoms with Crippen molar-refractivity contribution in [3.63, 3.8) is 0 Å². The van der Waals surface area contributed by atoms with Crippen molar-refractivity contribution in [1.82, 2.24) is 0 Å². The monoisotopic (exact) mass is 341 g/mol. The molecule has 0 fully saturated rings. The molecule has 2 aromatic rings. The lowest BCUT2D eigenvalue weighted by molar-refractivity contribution is -0.146. The molecular formula is C20H23NO4. The minimum Gasteiger partial charge on any atom is -0.461 e. The van der Waals surface area contributed by atoms with Crippen molar-refractivity contribution in [1.29, 1.82) is 0 Å². The summed E-state index contributed by atoms with van der Waals surface area (Å²) >= 11 is 0. The van der Waals surface area contributed by atoms with Crippen LogP contribution in [-0.2, 0) is 32.3 Å². The van der Waals surface area contributed by atoms with Gasteiger partial charge in [0.1, 0.15) is 13.2 Å². The summed E-state index contributed by atoms with van der Waals surface area (Å²) in [6.45, 7) is 0.471. The van der Waals surface area contributed by atoms with Crippen molar-refractivity contribution < 1.29 is 19.1 Å². The van der Waals surface area contributed by atoms with E-state index < -0.39 is 0 Å². The van der Waals surface area contributed by atoms with Crippen molar-refractivity contribution in [3.8, 4) is 0 Å². The van der Waals surface area contributed by atoms with Crippen LogP contribution in [0.25, 0.3) is 0 Å². The molecule has 2 aromatic carbocycles. The van der Waals surface area contributed by atoms with E-state index in [1.165, 1.54) is 0 Å². The Morgan fingerprint density at radius 3 is 2.12 bits per heavy atom. The Labute approximate surface area is 148 Å². The zero-order valence-electron chi connectivity index (χ0n) is 14.4. The summed E-state index contributed by atoms with van der Waals surface area (Å²) in [5.41, 5.74) is 2.79. The number of nitrogens with one attached hydrogen (secondary N) is 1. The zero-order valence-corrected chi connectivity index (χ0v) is 14.4. The van der Waals surface area contributed by atoms with E-state index in [0.717, 1.165) is 16.8 Å². The van der Waals surface area contributed by atoms with Gasteiger partial charge in [-0.25, -0.2) is 0 Å². The molecule has 0 saturated heterocycles. The van der Waals surface area contributed by atoms with Gasteiger partial charge in [-0.1, -0.05) is 48.5 Å². The molecule has 2 rings (SSSR count). The summed E-state index contributed by atoms with van der Waals surface area (Å²) in [6.07, 6.45) is 0.817. The Hall–Kier alpha value is -2.82. The molecule has 0 bridgehead atoms. The molecule has 0 aliphatic heterocycles. The van der Waals surface area contributed by atoms with Gasteiger partial charge in [-0.2, -0.15) is 0 Å². The number of hydrogen-bond donors (Lipinski definition) is 1. The predicted octanol–water partition coefficient (Wildman–Crippen LogP) is 3.69. The minimum absolute atomic E-state index is 0.197. The molecule has 0 aromatic heterocycles. The highest BCUT2D eigenvalue weighted by Gasteiger charge is 2.09. The van der Waals surface area contributed by atoms with Crippen molar-refractivity contribution >= 4 is 17.6 Å². The largest absolute Gasteiger partial charge is 0.461 e. The fourth-order valence-electron chi connectivity index (χ4n) is 2.31. The van der Waals surface area contributed by atoms with Gasteiger partial charge in [-0.05, 0) is 18.1 Å². The van der Waals surface area contributed by atoms with E-state index in [2.05, 4.69) is 5.32 Å². The number of carbonyl (C=O) groups is 2. The molecule has 5 nitrogen and oxygen atoms in total. The standard InChI is InChI=1S/C20H23NO4/c1-21-18-11-6-5-10-17(18)15-25-20(23)13-7-12-19(22)24-14-16-8-3-2-4-9-16/h2-6,8-11,21H,7,12-15H2,1H3. The van der Waals surface area contributed by atoms with Crippen LogP contribution in [-0.4, -0.2) is 19.0 Å². The fraction of sp³-hybridized carbons (Fsp3) is 0.300. The van der Waals surface area contributed by atoms with Gasteiger partial charge in [-0.15, -0.1) is 0 Å². The fourth-order valence-corrected chi connectivity index (χ4v) is 2.31. The summed E-state index contributed by atoms with van der Waals surface area (Å²) in [6, 6.07) is 17.1. The molecule has 0 unspecified atom stereocenters. The summed E-state index contributed by atoms with van der Waals surface area (Å²) in [5.74, 6) is -0.626. The van der Waals surface area contributed by atoms with Crippen molar-refractivity contribution in [3.05, 3.63) is 65.7 Å². The quantitative estimate of drug-likeness (QED) is 0.705. The molecule has 0 aliphatic carbocycles. The maximum absolute atomic E-state index is 11.8. The normalized spacial score (nSPS) is 10.1. The lowest BCUT2D eigenvalue weighted by Gasteiger charge is -2.09. The summed E-state index contributed by atoms with van der Waals surface area (Å²) in [4.78, 5) is 23.5. The second-order valence-electron chi connectivity index (χ2n) is 5.57. The lowest BCUT2D eigenvalue weighted by atomic mass is 10.2. The Balaban J connectivity index is 1.62. The van der Waals surface area contributed by atoms with Crippen molar-refractivity contribution in [2.75, 3.05) is 12.4 Å². The number of anilines is 1. The van der Waals surface area contributed by atoms with Gasteiger partial charge < -0.3 is 14.8 Å². The van der Waals surface area contributed by atoms with Crippen LogP contribution in [0.3, 0.4) is 0 Å². The first-order valence-electron chi connectivity index (χ1n) is 8.30. The van der Waals surface area contributed by atoms with Crippen LogP contribution < -0.4 is 5.32 Å². The topological polar surface area (TPSA) is 64.6 Å². The number of esters is 2. The van der Waals surface area contributed by atoms with Crippen molar-refractivity contribution in [2.45, 2.75) is 32.5 Å². The highest BCUT2D eigenvalue weighted by molar-refractivity contribution is 5.72. The van der Waals surface area contributed by atoms with Gasteiger partial charge in [0.05, 0.1) is 0 Å².